The molecule has 0 fully saturated rings. The van der Waals surface area contributed by atoms with Crippen LogP contribution in [-0.2, 0) is 10.2 Å². The van der Waals surface area contributed by atoms with Crippen molar-refractivity contribution in [3.05, 3.63) is 34.3 Å². The van der Waals surface area contributed by atoms with Gasteiger partial charge in [0.15, 0.2) is 5.96 Å². The number of ether oxygens (including phenoxy) is 1. The number of benzene rings is 1. The zero-order valence-corrected chi connectivity index (χ0v) is 15.1. The lowest BCUT2D eigenvalue weighted by molar-refractivity contribution is 0.179. The summed E-state index contributed by atoms with van der Waals surface area (Å²) in [6.07, 6.45) is 0. The van der Waals surface area contributed by atoms with Gasteiger partial charge in [0.2, 0.25) is 0 Å². The minimum absolute atomic E-state index is 0.00585. The van der Waals surface area contributed by atoms with Crippen molar-refractivity contribution in [2.24, 2.45) is 4.99 Å². The molecule has 5 heteroatoms. The Bertz CT molecular complexity index is 474. The number of nitrogens with zero attached hydrogens (tertiary/aromatic N) is 1. The van der Waals surface area contributed by atoms with E-state index >= 15 is 0 Å². The van der Waals surface area contributed by atoms with E-state index in [1.807, 2.05) is 6.07 Å². The molecular weight excluding hydrogens is 330 g/mol. The molecule has 0 spiro atoms. The van der Waals surface area contributed by atoms with E-state index in [2.05, 4.69) is 70.5 Å². The summed E-state index contributed by atoms with van der Waals surface area (Å²) in [6.45, 7) is 7.94. The first-order valence-electron chi connectivity index (χ1n) is 7.11. The van der Waals surface area contributed by atoms with Crippen LogP contribution in [0.15, 0.2) is 33.7 Å². The van der Waals surface area contributed by atoms with Crippen LogP contribution in [0.3, 0.4) is 0 Å². The zero-order chi connectivity index (χ0) is 15.9. The summed E-state index contributed by atoms with van der Waals surface area (Å²) in [5.74, 6) is 0.794. The lowest BCUT2D eigenvalue weighted by atomic mass is 9.85. The van der Waals surface area contributed by atoms with E-state index in [1.54, 1.807) is 14.2 Å². The molecule has 0 radical (unpaired) electrons. The Morgan fingerprint density at radius 3 is 2.71 bits per heavy atom. The number of halogens is 1. The molecule has 1 unspecified atom stereocenters. The predicted molar refractivity (Wildman–Crippen MR) is 93.0 cm³/mol. The summed E-state index contributed by atoms with van der Waals surface area (Å²) in [4.78, 5) is 4.25. The average molecular weight is 356 g/mol. The van der Waals surface area contributed by atoms with Crippen LogP contribution >= 0.6 is 15.9 Å². The van der Waals surface area contributed by atoms with Crippen molar-refractivity contribution >= 4 is 21.9 Å². The van der Waals surface area contributed by atoms with Crippen LogP contribution in [0.5, 0.6) is 0 Å². The largest absolute Gasteiger partial charge is 0.383 e. The van der Waals surface area contributed by atoms with Crippen LogP contribution in [0.25, 0.3) is 0 Å². The van der Waals surface area contributed by atoms with Crippen molar-refractivity contribution < 1.29 is 4.74 Å². The van der Waals surface area contributed by atoms with Crippen LogP contribution in [0, 0.1) is 0 Å². The molecule has 0 aliphatic rings. The zero-order valence-electron chi connectivity index (χ0n) is 13.5. The number of methoxy groups -OCH3 is 1. The minimum atomic E-state index is 0.00585. The number of hydrogen-bond donors (Lipinski definition) is 2. The molecule has 1 aromatic rings. The van der Waals surface area contributed by atoms with E-state index < -0.39 is 0 Å². The van der Waals surface area contributed by atoms with Crippen LogP contribution in [0.4, 0.5) is 0 Å². The van der Waals surface area contributed by atoms with Crippen molar-refractivity contribution in [1.82, 2.24) is 10.6 Å². The second-order valence-electron chi connectivity index (χ2n) is 5.82. The quantitative estimate of drug-likeness (QED) is 0.609. The third kappa shape index (κ3) is 6.06. The van der Waals surface area contributed by atoms with Crippen molar-refractivity contribution in [3.63, 3.8) is 0 Å². The topological polar surface area (TPSA) is 45.7 Å². The third-order valence-electron chi connectivity index (χ3n) is 3.33. The monoisotopic (exact) mass is 355 g/mol. The standard InChI is InChI=1S/C16H26BrN3O/c1-12(10-21-5)20-15(18-4)19-11-16(2,3)13-7-6-8-14(17)9-13/h6-9,12H,10-11H2,1-5H3,(H2,18,19,20). The Morgan fingerprint density at radius 1 is 1.43 bits per heavy atom. The highest BCUT2D eigenvalue weighted by Gasteiger charge is 2.21. The maximum Gasteiger partial charge on any atom is 0.191 e. The second kappa shape index (κ2) is 8.39. The molecular formula is C16H26BrN3O. The molecule has 1 aromatic carbocycles. The highest BCUT2D eigenvalue weighted by molar-refractivity contribution is 9.10. The van der Waals surface area contributed by atoms with Gasteiger partial charge in [-0.25, -0.2) is 0 Å². The summed E-state index contributed by atoms with van der Waals surface area (Å²) < 4.78 is 6.23. The van der Waals surface area contributed by atoms with Gasteiger partial charge < -0.3 is 15.4 Å². The van der Waals surface area contributed by atoms with Crippen molar-refractivity contribution in [2.75, 3.05) is 27.3 Å². The molecule has 0 bridgehead atoms. The normalized spacial score (nSPS) is 13.9. The number of nitrogens with one attached hydrogen (secondary N) is 2. The molecule has 0 saturated carbocycles. The molecule has 1 rings (SSSR count). The Kier molecular flexibility index (Phi) is 7.18. The molecule has 1 atom stereocenters. The molecule has 0 saturated heterocycles. The predicted octanol–water partition coefficient (Wildman–Crippen LogP) is 2.93. The van der Waals surface area contributed by atoms with Gasteiger partial charge in [-0.3, -0.25) is 4.99 Å². The van der Waals surface area contributed by atoms with Crippen LogP contribution < -0.4 is 10.6 Å². The third-order valence-corrected chi connectivity index (χ3v) is 3.82. The summed E-state index contributed by atoms with van der Waals surface area (Å²) in [6, 6.07) is 8.63. The number of guanidine groups is 1. The summed E-state index contributed by atoms with van der Waals surface area (Å²) in [5, 5.41) is 6.69. The summed E-state index contributed by atoms with van der Waals surface area (Å²) in [5.41, 5.74) is 1.29. The van der Waals surface area contributed by atoms with Crippen LogP contribution in [0.1, 0.15) is 26.3 Å². The smallest absolute Gasteiger partial charge is 0.191 e. The maximum atomic E-state index is 5.13. The van der Waals surface area contributed by atoms with Gasteiger partial charge in [0.05, 0.1) is 6.61 Å². The van der Waals surface area contributed by atoms with Crippen molar-refractivity contribution in [2.45, 2.75) is 32.2 Å². The minimum Gasteiger partial charge on any atom is -0.383 e. The van der Waals surface area contributed by atoms with Gasteiger partial charge in [-0.05, 0) is 24.6 Å². The molecule has 21 heavy (non-hydrogen) atoms. The molecule has 118 valence electrons. The highest BCUT2D eigenvalue weighted by Crippen LogP contribution is 2.24. The number of aliphatic imine (C=N–C) groups is 1. The van der Waals surface area contributed by atoms with Gasteiger partial charge in [0.1, 0.15) is 0 Å². The van der Waals surface area contributed by atoms with E-state index in [0.29, 0.717) is 6.61 Å². The first-order chi connectivity index (χ1) is 9.89. The lowest BCUT2D eigenvalue weighted by Gasteiger charge is -2.27. The SMILES string of the molecule is CN=C(NCC(C)(C)c1cccc(Br)c1)NC(C)COC. The Morgan fingerprint density at radius 2 is 2.14 bits per heavy atom. The highest BCUT2D eigenvalue weighted by atomic mass is 79.9. The molecule has 0 heterocycles. The average Bonchev–Trinajstić information content (AvgIpc) is 2.43. The summed E-state index contributed by atoms with van der Waals surface area (Å²) >= 11 is 3.53. The van der Waals surface area contributed by atoms with E-state index in [0.717, 1.165) is 17.0 Å². The Labute approximate surface area is 136 Å². The summed E-state index contributed by atoms with van der Waals surface area (Å²) in [7, 11) is 3.48. The fraction of sp³-hybridized carbons (Fsp3) is 0.562. The Balaban J connectivity index is 2.63. The molecule has 4 nitrogen and oxygen atoms in total. The van der Waals surface area contributed by atoms with Gasteiger partial charge in [0, 0.05) is 36.6 Å². The van der Waals surface area contributed by atoms with E-state index in [4.69, 9.17) is 4.74 Å². The van der Waals surface area contributed by atoms with Crippen LogP contribution in [0.2, 0.25) is 0 Å². The molecule has 0 aromatic heterocycles. The Hall–Kier alpha value is -1.07. The fourth-order valence-corrected chi connectivity index (χ4v) is 2.44. The van der Waals surface area contributed by atoms with Gasteiger partial charge >= 0.3 is 0 Å². The first-order valence-corrected chi connectivity index (χ1v) is 7.90. The number of rotatable bonds is 6. The van der Waals surface area contributed by atoms with Crippen molar-refractivity contribution in [3.8, 4) is 0 Å². The first kappa shape index (κ1) is 18.0. The molecule has 0 amide bonds. The van der Waals surface area contributed by atoms with Gasteiger partial charge in [0.25, 0.3) is 0 Å². The second-order valence-corrected chi connectivity index (χ2v) is 6.74. The van der Waals surface area contributed by atoms with Gasteiger partial charge in [-0.2, -0.15) is 0 Å². The van der Waals surface area contributed by atoms with Crippen LogP contribution in [-0.4, -0.2) is 39.3 Å². The van der Waals surface area contributed by atoms with E-state index in [1.165, 1.54) is 5.56 Å². The van der Waals surface area contributed by atoms with E-state index in [-0.39, 0.29) is 11.5 Å². The lowest BCUT2D eigenvalue weighted by Crippen LogP contribution is -2.47. The number of hydrogen-bond acceptors (Lipinski definition) is 2. The van der Waals surface area contributed by atoms with Gasteiger partial charge in [-0.15, -0.1) is 0 Å². The molecule has 0 aliphatic heterocycles. The fourth-order valence-electron chi connectivity index (χ4n) is 2.04. The van der Waals surface area contributed by atoms with Gasteiger partial charge in [-0.1, -0.05) is 41.9 Å². The molecule has 2 N–H and O–H groups in total. The maximum absolute atomic E-state index is 5.13. The van der Waals surface area contributed by atoms with Crippen molar-refractivity contribution in [1.29, 1.82) is 0 Å². The van der Waals surface area contributed by atoms with E-state index in [9.17, 15) is 0 Å². The molecule has 0 aliphatic carbocycles.